The minimum atomic E-state index is -3.63. The highest BCUT2D eigenvalue weighted by Crippen LogP contribution is 2.27. The van der Waals surface area contributed by atoms with Gasteiger partial charge in [-0.2, -0.15) is 0 Å². The Morgan fingerprint density at radius 1 is 1.13 bits per heavy atom. The maximum absolute atomic E-state index is 13.5. The molecule has 0 radical (unpaired) electrons. The van der Waals surface area contributed by atoms with Gasteiger partial charge in [0.1, 0.15) is 11.9 Å². The molecule has 1 fully saturated rings. The number of nitrogens with zero attached hydrogens (tertiary/aromatic N) is 2. The molecule has 1 atom stereocenters. The Labute approximate surface area is 230 Å². The molecule has 0 aliphatic heterocycles. The maximum atomic E-state index is 13.5. The number of aryl methyl sites for hydroxylation is 1. The van der Waals surface area contributed by atoms with E-state index in [-0.39, 0.29) is 49.6 Å². The first-order chi connectivity index (χ1) is 18.0. The summed E-state index contributed by atoms with van der Waals surface area (Å²) < 4.78 is 39.9. The quantitative estimate of drug-likeness (QED) is 0.383. The molecule has 2 aromatic carbocycles. The Balaban J connectivity index is 1.77. The van der Waals surface area contributed by atoms with E-state index >= 15 is 0 Å². The summed E-state index contributed by atoms with van der Waals surface area (Å²) in [4.78, 5) is 28.3. The normalized spacial score (nSPS) is 14.8. The molecule has 0 spiro atoms. The molecule has 208 valence electrons. The van der Waals surface area contributed by atoms with Crippen molar-refractivity contribution in [3.05, 3.63) is 64.4 Å². The molecule has 3 rings (SSSR count). The number of amides is 2. The van der Waals surface area contributed by atoms with E-state index in [0.29, 0.717) is 22.7 Å². The van der Waals surface area contributed by atoms with E-state index in [1.807, 2.05) is 6.92 Å². The minimum Gasteiger partial charge on any atom is -0.352 e. The van der Waals surface area contributed by atoms with Crippen molar-refractivity contribution in [2.24, 2.45) is 0 Å². The van der Waals surface area contributed by atoms with Crippen molar-refractivity contribution in [1.82, 2.24) is 10.2 Å². The number of anilines is 1. The monoisotopic (exact) mass is 565 g/mol. The molecular formula is C28H37ClFN3O4S. The highest BCUT2D eigenvalue weighted by Gasteiger charge is 2.31. The van der Waals surface area contributed by atoms with Gasteiger partial charge in [-0.15, -0.1) is 0 Å². The number of hydrogen-bond donors (Lipinski definition) is 1. The lowest BCUT2D eigenvalue weighted by atomic mass is 10.1. The summed E-state index contributed by atoms with van der Waals surface area (Å²) in [6.07, 6.45) is 5.83. The Kier molecular flexibility index (Phi) is 10.6. The molecule has 0 bridgehead atoms. The van der Waals surface area contributed by atoms with Gasteiger partial charge in [0, 0.05) is 30.6 Å². The Morgan fingerprint density at radius 2 is 1.79 bits per heavy atom. The second-order valence-corrected chi connectivity index (χ2v) is 12.3. The summed E-state index contributed by atoms with van der Waals surface area (Å²) >= 11 is 6.12. The van der Waals surface area contributed by atoms with Crippen molar-refractivity contribution in [3.63, 3.8) is 0 Å². The van der Waals surface area contributed by atoms with Crippen molar-refractivity contribution in [2.75, 3.05) is 17.1 Å². The molecule has 1 saturated carbocycles. The number of rotatable bonds is 12. The molecule has 10 heteroatoms. The summed E-state index contributed by atoms with van der Waals surface area (Å²) in [5.41, 5.74) is 1.93. The van der Waals surface area contributed by atoms with Gasteiger partial charge in [-0.1, -0.05) is 49.6 Å². The lowest BCUT2D eigenvalue weighted by Gasteiger charge is -2.32. The second-order valence-electron chi connectivity index (χ2n) is 9.93. The average molecular weight is 566 g/mol. The summed E-state index contributed by atoms with van der Waals surface area (Å²) in [5, 5.41) is 3.51. The van der Waals surface area contributed by atoms with E-state index in [2.05, 4.69) is 5.32 Å². The minimum absolute atomic E-state index is 0.0417. The van der Waals surface area contributed by atoms with Crippen LogP contribution in [-0.2, 0) is 26.2 Å². The second kappa shape index (κ2) is 13.4. The van der Waals surface area contributed by atoms with Gasteiger partial charge in [0.2, 0.25) is 21.8 Å². The van der Waals surface area contributed by atoms with Crippen LogP contribution in [0.1, 0.15) is 63.0 Å². The molecular weight excluding hydrogens is 529 g/mol. The summed E-state index contributed by atoms with van der Waals surface area (Å²) in [6.45, 7) is 3.89. The number of carbonyl (C=O) groups excluding carboxylic acids is 2. The van der Waals surface area contributed by atoms with E-state index in [1.54, 1.807) is 37.3 Å². The van der Waals surface area contributed by atoms with Gasteiger partial charge in [0.15, 0.2) is 0 Å². The van der Waals surface area contributed by atoms with Crippen LogP contribution >= 0.6 is 11.6 Å². The smallest absolute Gasteiger partial charge is 0.243 e. The first-order valence-corrected chi connectivity index (χ1v) is 15.3. The zero-order valence-electron chi connectivity index (χ0n) is 22.3. The fourth-order valence-corrected chi connectivity index (χ4v) is 6.09. The fourth-order valence-electron chi connectivity index (χ4n) is 4.91. The van der Waals surface area contributed by atoms with Gasteiger partial charge >= 0.3 is 0 Å². The van der Waals surface area contributed by atoms with Crippen LogP contribution in [0.4, 0.5) is 10.1 Å². The van der Waals surface area contributed by atoms with Crippen molar-refractivity contribution < 1.29 is 22.4 Å². The molecule has 7 nitrogen and oxygen atoms in total. The lowest BCUT2D eigenvalue weighted by Crippen LogP contribution is -2.51. The van der Waals surface area contributed by atoms with Gasteiger partial charge in [0.05, 0.1) is 11.9 Å². The van der Waals surface area contributed by atoms with Gasteiger partial charge in [-0.25, -0.2) is 12.8 Å². The first-order valence-electron chi connectivity index (χ1n) is 13.1. The molecule has 38 heavy (non-hydrogen) atoms. The topological polar surface area (TPSA) is 86.8 Å². The predicted molar refractivity (Wildman–Crippen MR) is 149 cm³/mol. The molecule has 1 N–H and O–H groups in total. The largest absolute Gasteiger partial charge is 0.352 e. The predicted octanol–water partition coefficient (Wildman–Crippen LogP) is 5.20. The third-order valence-corrected chi connectivity index (χ3v) is 8.36. The maximum Gasteiger partial charge on any atom is 0.243 e. The number of halogens is 2. The van der Waals surface area contributed by atoms with Crippen molar-refractivity contribution in [2.45, 2.75) is 77.4 Å². The molecule has 1 aliphatic carbocycles. The lowest BCUT2D eigenvalue weighted by molar-refractivity contribution is -0.141. The van der Waals surface area contributed by atoms with Crippen LogP contribution in [0.25, 0.3) is 0 Å². The van der Waals surface area contributed by atoms with Gasteiger partial charge in [-0.3, -0.25) is 13.9 Å². The summed E-state index contributed by atoms with van der Waals surface area (Å²) in [6, 6.07) is 10.3. The molecule has 2 aromatic rings. The molecule has 1 aliphatic rings. The van der Waals surface area contributed by atoms with E-state index in [1.165, 1.54) is 21.3 Å². The highest BCUT2D eigenvalue weighted by molar-refractivity contribution is 7.92. The number of benzene rings is 2. The number of hydrogen-bond acceptors (Lipinski definition) is 4. The van der Waals surface area contributed by atoms with E-state index < -0.39 is 16.1 Å². The van der Waals surface area contributed by atoms with Crippen LogP contribution < -0.4 is 9.62 Å². The van der Waals surface area contributed by atoms with E-state index in [0.717, 1.165) is 37.5 Å². The molecule has 0 aromatic heterocycles. The number of carbonyl (C=O) groups is 2. The van der Waals surface area contributed by atoms with Gasteiger partial charge in [0.25, 0.3) is 0 Å². The first kappa shape index (κ1) is 29.9. The Morgan fingerprint density at radius 3 is 2.39 bits per heavy atom. The van der Waals surface area contributed by atoms with Crippen LogP contribution in [-0.4, -0.2) is 50.0 Å². The van der Waals surface area contributed by atoms with Crippen LogP contribution in [0, 0.1) is 12.7 Å². The zero-order valence-corrected chi connectivity index (χ0v) is 23.8. The van der Waals surface area contributed by atoms with Crippen molar-refractivity contribution in [1.29, 1.82) is 0 Å². The molecule has 0 heterocycles. The SMILES string of the molecule is CC[C@@H](C(=O)NC1CCCC1)N(Cc1ccc(F)cc1)C(=O)CCCN(c1cc(Cl)ccc1C)S(C)(=O)=O. The summed E-state index contributed by atoms with van der Waals surface area (Å²) in [5.74, 6) is -0.837. The fraction of sp³-hybridized carbons (Fsp3) is 0.500. The molecule has 0 saturated heterocycles. The molecule has 2 amide bonds. The average Bonchev–Trinajstić information content (AvgIpc) is 3.36. The van der Waals surface area contributed by atoms with E-state index in [9.17, 15) is 22.4 Å². The molecule has 0 unspecified atom stereocenters. The van der Waals surface area contributed by atoms with Crippen LogP contribution in [0.3, 0.4) is 0 Å². The summed E-state index contributed by atoms with van der Waals surface area (Å²) in [7, 11) is -3.63. The van der Waals surface area contributed by atoms with Gasteiger partial charge < -0.3 is 10.2 Å². The number of nitrogens with one attached hydrogen (secondary N) is 1. The van der Waals surface area contributed by atoms with Gasteiger partial charge in [-0.05, 0) is 68.0 Å². The van der Waals surface area contributed by atoms with Crippen molar-refractivity contribution in [3.8, 4) is 0 Å². The van der Waals surface area contributed by atoms with Crippen LogP contribution in [0.15, 0.2) is 42.5 Å². The Bertz CT molecular complexity index is 1220. The Hall–Kier alpha value is -2.65. The third-order valence-electron chi connectivity index (χ3n) is 6.95. The zero-order chi connectivity index (χ0) is 27.9. The standard InChI is InChI=1S/C28H37ClFN3O4S/c1-4-25(28(35)31-24-8-5-6-9-24)32(19-21-12-15-23(30)16-13-21)27(34)10-7-17-33(38(3,36)37)26-18-22(29)14-11-20(26)2/h11-16,18,24-25H,4-10,17,19H2,1-3H3,(H,31,35)/t25-/m0/s1. The highest BCUT2D eigenvalue weighted by atomic mass is 35.5. The van der Waals surface area contributed by atoms with Crippen LogP contribution in [0.5, 0.6) is 0 Å². The third kappa shape index (κ3) is 8.17. The number of sulfonamides is 1. The van der Waals surface area contributed by atoms with Crippen LogP contribution in [0.2, 0.25) is 5.02 Å². The van der Waals surface area contributed by atoms with Crippen molar-refractivity contribution >= 4 is 39.1 Å². The van der Waals surface area contributed by atoms with E-state index in [4.69, 9.17) is 11.6 Å².